The molecular weight excluding hydrogens is 243 g/mol. The Labute approximate surface area is 102 Å². The second kappa shape index (κ2) is 4.36. The number of halogens is 3. The van der Waals surface area contributed by atoms with E-state index < -0.39 is 11.7 Å². The molecule has 0 radical (unpaired) electrons. The van der Waals surface area contributed by atoms with Crippen LogP contribution >= 0.6 is 0 Å². The molecule has 18 heavy (non-hydrogen) atoms. The van der Waals surface area contributed by atoms with Crippen molar-refractivity contribution in [2.24, 2.45) is 0 Å². The van der Waals surface area contributed by atoms with Gasteiger partial charge in [0.25, 0.3) is 0 Å². The molecule has 0 aliphatic rings. The number of hydrogen-bond donors (Lipinski definition) is 1. The average molecular weight is 255 g/mol. The van der Waals surface area contributed by atoms with Crippen molar-refractivity contribution >= 4 is 5.69 Å². The number of alkyl halides is 3. The van der Waals surface area contributed by atoms with Gasteiger partial charge in [-0.3, -0.25) is 0 Å². The van der Waals surface area contributed by atoms with E-state index in [2.05, 4.69) is 4.98 Å². The fourth-order valence-electron chi connectivity index (χ4n) is 1.75. The lowest BCUT2D eigenvalue weighted by Gasteiger charge is -2.14. The number of aromatic nitrogens is 2. The molecule has 0 bridgehead atoms. The first-order chi connectivity index (χ1) is 8.38. The van der Waals surface area contributed by atoms with Crippen LogP contribution in [0.25, 0.3) is 0 Å². The van der Waals surface area contributed by atoms with Gasteiger partial charge in [-0.1, -0.05) is 6.07 Å². The highest BCUT2D eigenvalue weighted by atomic mass is 19.4. The Bertz CT molecular complexity index is 558. The Morgan fingerprint density at radius 2 is 2.06 bits per heavy atom. The van der Waals surface area contributed by atoms with E-state index in [1.54, 1.807) is 23.9 Å². The number of anilines is 1. The molecule has 2 rings (SSSR count). The van der Waals surface area contributed by atoms with E-state index in [1.807, 2.05) is 0 Å². The monoisotopic (exact) mass is 255 g/mol. The summed E-state index contributed by atoms with van der Waals surface area (Å²) in [5.41, 5.74) is 4.99. The lowest BCUT2D eigenvalue weighted by molar-refractivity contribution is -0.138. The molecule has 0 spiro atoms. The van der Waals surface area contributed by atoms with E-state index in [0.29, 0.717) is 5.82 Å². The van der Waals surface area contributed by atoms with Crippen LogP contribution in [-0.4, -0.2) is 9.55 Å². The summed E-state index contributed by atoms with van der Waals surface area (Å²) >= 11 is 0. The Hall–Kier alpha value is -1.98. The van der Waals surface area contributed by atoms with Gasteiger partial charge in [0.2, 0.25) is 0 Å². The predicted molar refractivity (Wildman–Crippen MR) is 61.9 cm³/mol. The van der Waals surface area contributed by atoms with Crippen LogP contribution < -0.4 is 5.73 Å². The van der Waals surface area contributed by atoms with E-state index in [0.717, 1.165) is 6.07 Å². The SMILES string of the molecule is Cc1nccn1Cc1ccc(N)cc1C(F)(F)F. The lowest BCUT2D eigenvalue weighted by Crippen LogP contribution is -2.12. The Kier molecular flexibility index (Phi) is 3.02. The molecule has 1 aromatic heterocycles. The van der Waals surface area contributed by atoms with Gasteiger partial charge in [0.1, 0.15) is 5.82 Å². The van der Waals surface area contributed by atoms with Crippen molar-refractivity contribution in [3.8, 4) is 0 Å². The van der Waals surface area contributed by atoms with Gasteiger partial charge in [0, 0.05) is 24.6 Å². The maximum atomic E-state index is 12.9. The normalized spacial score (nSPS) is 11.8. The molecule has 2 aromatic rings. The molecule has 1 aromatic carbocycles. The lowest BCUT2D eigenvalue weighted by atomic mass is 10.1. The molecule has 0 saturated carbocycles. The van der Waals surface area contributed by atoms with Gasteiger partial charge in [-0.15, -0.1) is 0 Å². The van der Waals surface area contributed by atoms with Crippen molar-refractivity contribution in [2.75, 3.05) is 5.73 Å². The highest BCUT2D eigenvalue weighted by Gasteiger charge is 2.33. The third kappa shape index (κ3) is 2.47. The summed E-state index contributed by atoms with van der Waals surface area (Å²) in [6.07, 6.45) is -1.20. The van der Waals surface area contributed by atoms with Gasteiger partial charge in [0.15, 0.2) is 0 Å². The number of rotatable bonds is 2. The third-order valence-electron chi connectivity index (χ3n) is 2.70. The maximum absolute atomic E-state index is 12.9. The average Bonchev–Trinajstić information content (AvgIpc) is 2.66. The molecule has 6 heteroatoms. The van der Waals surface area contributed by atoms with Crippen LogP contribution in [0.4, 0.5) is 18.9 Å². The first-order valence-corrected chi connectivity index (χ1v) is 5.31. The number of imidazole rings is 1. The van der Waals surface area contributed by atoms with Crippen molar-refractivity contribution < 1.29 is 13.2 Å². The van der Waals surface area contributed by atoms with Gasteiger partial charge in [-0.05, 0) is 24.6 Å². The van der Waals surface area contributed by atoms with E-state index in [1.165, 1.54) is 12.1 Å². The first kappa shape index (κ1) is 12.5. The molecule has 96 valence electrons. The van der Waals surface area contributed by atoms with Gasteiger partial charge < -0.3 is 10.3 Å². The molecule has 0 aliphatic carbocycles. The number of nitrogens with two attached hydrogens (primary N) is 1. The fraction of sp³-hybridized carbons (Fsp3) is 0.250. The predicted octanol–water partition coefficient (Wildman–Crippen LogP) is 2.84. The van der Waals surface area contributed by atoms with E-state index in [-0.39, 0.29) is 17.8 Å². The molecule has 0 fully saturated rings. The first-order valence-electron chi connectivity index (χ1n) is 5.31. The summed E-state index contributed by atoms with van der Waals surface area (Å²) in [5.74, 6) is 0.667. The smallest absolute Gasteiger partial charge is 0.399 e. The summed E-state index contributed by atoms with van der Waals surface area (Å²) in [7, 11) is 0. The summed E-state index contributed by atoms with van der Waals surface area (Å²) < 4.78 is 40.3. The van der Waals surface area contributed by atoms with Crippen LogP contribution in [0.2, 0.25) is 0 Å². The molecular formula is C12H12F3N3. The number of hydrogen-bond acceptors (Lipinski definition) is 2. The van der Waals surface area contributed by atoms with Crippen LogP contribution in [0.15, 0.2) is 30.6 Å². The Morgan fingerprint density at radius 1 is 1.33 bits per heavy atom. The quantitative estimate of drug-likeness (QED) is 0.838. The van der Waals surface area contributed by atoms with Crippen LogP contribution in [0.3, 0.4) is 0 Å². The van der Waals surface area contributed by atoms with Crippen molar-refractivity contribution in [3.63, 3.8) is 0 Å². The van der Waals surface area contributed by atoms with Crippen molar-refractivity contribution in [1.29, 1.82) is 0 Å². The third-order valence-corrected chi connectivity index (χ3v) is 2.70. The largest absolute Gasteiger partial charge is 0.416 e. The highest BCUT2D eigenvalue weighted by molar-refractivity contribution is 5.46. The van der Waals surface area contributed by atoms with Crippen LogP contribution in [-0.2, 0) is 12.7 Å². The van der Waals surface area contributed by atoms with Crippen LogP contribution in [0.5, 0.6) is 0 Å². The van der Waals surface area contributed by atoms with Gasteiger partial charge in [0.05, 0.1) is 5.56 Å². The Balaban J connectivity index is 2.42. The van der Waals surface area contributed by atoms with E-state index >= 15 is 0 Å². The van der Waals surface area contributed by atoms with Crippen LogP contribution in [0, 0.1) is 6.92 Å². The number of nitrogen functional groups attached to an aromatic ring is 1. The van der Waals surface area contributed by atoms with Gasteiger partial charge in [-0.2, -0.15) is 13.2 Å². The minimum Gasteiger partial charge on any atom is -0.399 e. The molecule has 0 unspecified atom stereocenters. The topological polar surface area (TPSA) is 43.8 Å². The minimum absolute atomic E-state index is 0.105. The summed E-state index contributed by atoms with van der Waals surface area (Å²) in [6.45, 7) is 1.87. The number of benzene rings is 1. The molecule has 1 heterocycles. The maximum Gasteiger partial charge on any atom is 0.416 e. The molecule has 2 N–H and O–H groups in total. The standard InChI is InChI=1S/C12H12F3N3/c1-8-17-4-5-18(8)7-9-2-3-10(16)6-11(9)12(13,14)15/h2-6H,7,16H2,1H3. The summed E-state index contributed by atoms with van der Waals surface area (Å²) in [6, 6.07) is 3.83. The second-order valence-electron chi connectivity index (χ2n) is 4.02. The fourth-order valence-corrected chi connectivity index (χ4v) is 1.75. The number of nitrogens with zero attached hydrogens (tertiary/aromatic N) is 2. The molecule has 0 atom stereocenters. The molecule has 0 aliphatic heterocycles. The molecule has 3 nitrogen and oxygen atoms in total. The number of aryl methyl sites for hydroxylation is 1. The highest BCUT2D eigenvalue weighted by Crippen LogP contribution is 2.33. The zero-order valence-corrected chi connectivity index (χ0v) is 9.70. The van der Waals surface area contributed by atoms with E-state index in [9.17, 15) is 13.2 Å². The van der Waals surface area contributed by atoms with Gasteiger partial charge >= 0.3 is 6.18 Å². The zero-order valence-electron chi connectivity index (χ0n) is 9.70. The molecule has 0 amide bonds. The van der Waals surface area contributed by atoms with E-state index in [4.69, 9.17) is 5.73 Å². The Morgan fingerprint density at radius 3 is 2.61 bits per heavy atom. The summed E-state index contributed by atoms with van der Waals surface area (Å²) in [5, 5.41) is 0. The van der Waals surface area contributed by atoms with Gasteiger partial charge in [-0.25, -0.2) is 4.98 Å². The zero-order chi connectivity index (χ0) is 13.3. The van der Waals surface area contributed by atoms with Crippen molar-refractivity contribution in [3.05, 3.63) is 47.5 Å². The van der Waals surface area contributed by atoms with Crippen molar-refractivity contribution in [2.45, 2.75) is 19.6 Å². The second-order valence-corrected chi connectivity index (χ2v) is 4.02. The van der Waals surface area contributed by atoms with Crippen molar-refractivity contribution in [1.82, 2.24) is 9.55 Å². The summed E-state index contributed by atoms with van der Waals surface area (Å²) in [4.78, 5) is 3.98. The molecule has 0 saturated heterocycles. The van der Waals surface area contributed by atoms with Crippen LogP contribution in [0.1, 0.15) is 17.0 Å². The minimum atomic E-state index is -4.40.